The van der Waals surface area contributed by atoms with Gasteiger partial charge in [-0.2, -0.15) is 0 Å². The molecule has 15 heavy (non-hydrogen) atoms. The number of hydrogen-bond acceptors (Lipinski definition) is 4. The molecule has 1 heterocycles. The lowest BCUT2D eigenvalue weighted by Crippen LogP contribution is -2.23. The Morgan fingerprint density at radius 1 is 1.53 bits per heavy atom. The van der Waals surface area contributed by atoms with Crippen molar-refractivity contribution in [2.45, 2.75) is 26.4 Å². The summed E-state index contributed by atoms with van der Waals surface area (Å²) in [6.45, 7) is 5.31. The van der Waals surface area contributed by atoms with Crippen molar-refractivity contribution in [1.82, 2.24) is 0 Å². The molecule has 0 aliphatic heterocycles. The van der Waals surface area contributed by atoms with E-state index in [1.165, 1.54) is 6.07 Å². The van der Waals surface area contributed by atoms with Gasteiger partial charge in [0.25, 0.3) is 0 Å². The first-order chi connectivity index (χ1) is 6.83. The molecule has 0 spiro atoms. The van der Waals surface area contributed by atoms with Gasteiger partial charge in [0.1, 0.15) is 10.5 Å². The molecule has 0 bridgehead atoms. The van der Waals surface area contributed by atoms with Crippen LogP contribution >= 0.6 is 22.9 Å². The van der Waals surface area contributed by atoms with Crippen LogP contribution in [0.25, 0.3) is 0 Å². The van der Waals surface area contributed by atoms with Gasteiger partial charge in [0.15, 0.2) is 6.29 Å². The standard InChI is InChI=1S/C10H11ClO3S/c1-10(2,3)14-9(13)8-7(11)4-6(5-12)15-8/h4-5H,1-3H3. The van der Waals surface area contributed by atoms with E-state index in [0.29, 0.717) is 11.2 Å². The normalized spacial score (nSPS) is 11.2. The zero-order valence-corrected chi connectivity index (χ0v) is 10.2. The highest BCUT2D eigenvalue weighted by Crippen LogP contribution is 2.27. The largest absolute Gasteiger partial charge is 0.456 e. The topological polar surface area (TPSA) is 43.4 Å². The minimum Gasteiger partial charge on any atom is -0.456 e. The summed E-state index contributed by atoms with van der Waals surface area (Å²) in [5.74, 6) is -0.495. The quantitative estimate of drug-likeness (QED) is 0.595. The molecule has 5 heteroatoms. The molecule has 0 amide bonds. The highest BCUT2D eigenvalue weighted by Gasteiger charge is 2.22. The molecular weight excluding hydrogens is 236 g/mol. The first kappa shape index (κ1) is 12.2. The van der Waals surface area contributed by atoms with Crippen LogP contribution in [-0.4, -0.2) is 17.9 Å². The van der Waals surface area contributed by atoms with Crippen LogP contribution in [-0.2, 0) is 4.74 Å². The number of hydrogen-bond donors (Lipinski definition) is 0. The molecule has 0 aliphatic carbocycles. The number of thiophene rings is 1. The summed E-state index contributed by atoms with van der Waals surface area (Å²) in [5, 5.41) is 0.261. The van der Waals surface area contributed by atoms with Crippen molar-refractivity contribution in [3.8, 4) is 0 Å². The Morgan fingerprint density at radius 3 is 2.53 bits per heavy atom. The van der Waals surface area contributed by atoms with Crippen LogP contribution in [0.1, 0.15) is 40.1 Å². The van der Waals surface area contributed by atoms with Gasteiger partial charge in [-0.25, -0.2) is 4.79 Å². The van der Waals surface area contributed by atoms with Crippen molar-refractivity contribution >= 4 is 35.2 Å². The predicted molar refractivity (Wildman–Crippen MR) is 59.9 cm³/mol. The highest BCUT2D eigenvalue weighted by atomic mass is 35.5. The van der Waals surface area contributed by atoms with E-state index in [9.17, 15) is 9.59 Å². The highest BCUT2D eigenvalue weighted by molar-refractivity contribution is 7.16. The molecule has 0 unspecified atom stereocenters. The first-order valence-electron chi connectivity index (χ1n) is 4.31. The van der Waals surface area contributed by atoms with Gasteiger partial charge in [0.05, 0.1) is 9.90 Å². The van der Waals surface area contributed by atoms with E-state index in [0.717, 1.165) is 11.3 Å². The molecule has 82 valence electrons. The summed E-state index contributed by atoms with van der Waals surface area (Å²) in [7, 11) is 0. The van der Waals surface area contributed by atoms with E-state index in [2.05, 4.69) is 0 Å². The Kier molecular flexibility index (Phi) is 3.52. The van der Waals surface area contributed by atoms with Gasteiger partial charge in [0, 0.05) is 0 Å². The van der Waals surface area contributed by atoms with E-state index in [-0.39, 0.29) is 9.90 Å². The Hall–Kier alpha value is -0.870. The van der Waals surface area contributed by atoms with Crippen molar-refractivity contribution in [1.29, 1.82) is 0 Å². The second-order valence-electron chi connectivity index (χ2n) is 3.95. The predicted octanol–water partition coefficient (Wildman–Crippen LogP) is 3.17. The second kappa shape index (κ2) is 4.33. The van der Waals surface area contributed by atoms with Crippen molar-refractivity contribution in [3.05, 3.63) is 20.8 Å². The average Bonchev–Trinajstić information content (AvgIpc) is 2.43. The van der Waals surface area contributed by atoms with E-state index >= 15 is 0 Å². The number of esters is 1. The van der Waals surface area contributed by atoms with Gasteiger partial charge in [-0.05, 0) is 26.8 Å². The summed E-state index contributed by atoms with van der Waals surface area (Å²) in [6, 6.07) is 1.46. The maximum absolute atomic E-state index is 11.6. The van der Waals surface area contributed by atoms with Gasteiger partial charge in [-0.1, -0.05) is 11.6 Å². The SMILES string of the molecule is CC(C)(C)OC(=O)c1sc(C=O)cc1Cl. The monoisotopic (exact) mass is 246 g/mol. The molecule has 0 aromatic carbocycles. The summed E-state index contributed by atoms with van der Waals surface area (Å²) in [4.78, 5) is 22.8. The number of halogens is 1. The van der Waals surface area contributed by atoms with Crippen LogP contribution in [0.5, 0.6) is 0 Å². The zero-order valence-electron chi connectivity index (χ0n) is 8.67. The van der Waals surface area contributed by atoms with Gasteiger partial charge >= 0.3 is 5.97 Å². The Bertz CT molecular complexity index is 390. The molecule has 0 N–H and O–H groups in total. The van der Waals surface area contributed by atoms with Crippen molar-refractivity contribution < 1.29 is 14.3 Å². The Morgan fingerprint density at radius 2 is 2.13 bits per heavy atom. The number of carbonyl (C=O) groups is 2. The molecule has 0 saturated heterocycles. The molecule has 1 aromatic rings. The van der Waals surface area contributed by atoms with E-state index in [4.69, 9.17) is 16.3 Å². The average molecular weight is 247 g/mol. The van der Waals surface area contributed by atoms with Crippen LogP contribution < -0.4 is 0 Å². The smallest absolute Gasteiger partial charge is 0.350 e. The number of carbonyl (C=O) groups excluding carboxylic acids is 2. The Labute approximate surface area is 97.0 Å². The molecule has 1 rings (SSSR count). The maximum atomic E-state index is 11.6. The third-order valence-corrected chi connectivity index (χ3v) is 2.86. The minimum atomic E-state index is -0.564. The zero-order chi connectivity index (χ0) is 11.6. The molecule has 0 radical (unpaired) electrons. The van der Waals surface area contributed by atoms with Crippen LogP contribution in [0.2, 0.25) is 5.02 Å². The second-order valence-corrected chi connectivity index (χ2v) is 5.44. The molecule has 1 aromatic heterocycles. The third kappa shape index (κ3) is 3.32. The van der Waals surface area contributed by atoms with E-state index in [1.54, 1.807) is 20.8 Å². The van der Waals surface area contributed by atoms with Crippen molar-refractivity contribution in [2.75, 3.05) is 0 Å². The summed E-state index contributed by atoms with van der Waals surface area (Å²) < 4.78 is 5.13. The number of rotatable bonds is 2. The fraction of sp³-hybridized carbons (Fsp3) is 0.400. The van der Waals surface area contributed by atoms with Crippen LogP contribution in [0, 0.1) is 0 Å². The molecule has 0 aliphatic rings. The third-order valence-electron chi connectivity index (χ3n) is 1.41. The fourth-order valence-corrected chi connectivity index (χ4v) is 2.03. The van der Waals surface area contributed by atoms with Gasteiger partial charge < -0.3 is 4.74 Å². The molecule has 3 nitrogen and oxygen atoms in total. The van der Waals surface area contributed by atoms with Crippen LogP contribution in [0.15, 0.2) is 6.07 Å². The molecule has 0 fully saturated rings. The van der Waals surface area contributed by atoms with Crippen LogP contribution in [0.3, 0.4) is 0 Å². The summed E-state index contributed by atoms with van der Waals surface area (Å²) in [5.41, 5.74) is -0.564. The summed E-state index contributed by atoms with van der Waals surface area (Å²) in [6.07, 6.45) is 0.657. The maximum Gasteiger partial charge on any atom is 0.350 e. The van der Waals surface area contributed by atoms with Crippen molar-refractivity contribution in [2.24, 2.45) is 0 Å². The lowest BCUT2D eigenvalue weighted by Gasteiger charge is -2.18. The number of aldehydes is 1. The van der Waals surface area contributed by atoms with Crippen molar-refractivity contribution in [3.63, 3.8) is 0 Å². The van der Waals surface area contributed by atoms with E-state index < -0.39 is 11.6 Å². The number of ether oxygens (including phenoxy) is 1. The first-order valence-corrected chi connectivity index (χ1v) is 5.51. The van der Waals surface area contributed by atoms with E-state index in [1.807, 2.05) is 0 Å². The Balaban J connectivity index is 2.91. The minimum absolute atomic E-state index is 0.261. The van der Waals surface area contributed by atoms with Gasteiger partial charge in [-0.3, -0.25) is 4.79 Å². The van der Waals surface area contributed by atoms with Crippen LogP contribution in [0.4, 0.5) is 0 Å². The molecular formula is C10H11ClO3S. The lowest BCUT2D eigenvalue weighted by molar-refractivity contribution is 0.00754. The molecule has 0 saturated carbocycles. The van der Waals surface area contributed by atoms with Gasteiger partial charge in [0.2, 0.25) is 0 Å². The van der Waals surface area contributed by atoms with Gasteiger partial charge in [-0.15, -0.1) is 11.3 Å². The molecule has 0 atom stereocenters. The lowest BCUT2D eigenvalue weighted by atomic mass is 10.2. The fourth-order valence-electron chi connectivity index (χ4n) is 0.908. The summed E-state index contributed by atoms with van der Waals surface area (Å²) >= 11 is 6.83.